The first kappa shape index (κ1) is 19.2. The van der Waals surface area contributed by atoms with Crippen LogP contribution in [0.3, 0.4) is 0 Å². The lowest BCUT2D eigenvalue weighted by atomic mass is 10.0. The second-order valence-corrected chi connectivity index (χ2v) is 11.0. The molecule has 1 fully saturated rings. The zero-order valence-corrected chi connectivity index (χ0v) is 15.9. The number of sulfone groups is 1. The van der Waals surface area contributed by atoms with Crippen molar-refractivity contribution in [2.24, 2.45) is 0 Å². The van der Waals surface area contributed by atoms with Crippen molar-refractivity contribution in [3.63, 3.8) is 0 Å². The molecule has 1 aliphatic heterocycles. The number of nitrogens with one attached hydrogen (secondary N) is 1. The summed E-state index contributed by atoms with van der Waals surface area (Å²) in [6.45, 7) is 1.64. The predicted molar refractivity (Wildman–Crippen MR) is 91.5 cm³/mol. The predicted octanol–water partition coefficient (Wildman–Crippen LogP) is 0.897. The smallest absolute Gasteiger partial charge is 0.253 e. The van der Waals surface area contributed by atoms with E-state index in [0.717, 1.165) is 4.31 Å². The summed E-state index contributed by atoms with van der Waals surface area (Å²) < 4.78 is 48.7. The summed E-state index contributed by atoms with van der Waals surface area (Å²) in [6, 6.07) is 3.84. The summed E-state index contributed by atoms with van der Waals surface area (Å²) in [6.07, 6.45) is 0.300. The number of amides is 1. The number of hydrogen-bond acceptors (Lipinski definition) is 5. The van der Waals surface area contributed by atoms with E-state index in [0.29, 0.717) is 6.42 Å². The van der Waals surface area contributed by atoms with Crippen LogP contribution in [0.2, 0.25) is 5.02 Å². The van der Waals surface area contributed by atoms with E-state index in [9.17, 15) is 21.6 Å². The number of rotatable bonds is 4. The number of carbonyl (C=O) groups is 1. The second-order valence-electron chi connectivity index (χ2n) is 6.29. The van der Waals surface area contributed by atoms with Crippen LogP contribution in [0.25, 0.3) is 0 Å². The van der Waals surface area contributed by atoms with Gasteiger partial charge >= 0.3 is 0 Å². The third-order valence-electron chi connectivity index (χ3n) is 3.88. The first-order valence-electron chi connectivity index (χ1n) is 7.11. The molecule has 7 nitrogen and oxygen atoms in total. The number of carbonyl (C=O) groups excluding carboxylic acids is 1. The highest BCUT2D eigenvalue weighted by molar-refractivity contribution is 7.91. The molecule has 1 aromatic rings. The summed E-state index contributed by atoms with van der Waals surface area (Å²) in [4.78, 5) is 12.4. The Hall–Kier alpha value is -1.16. The van der Waals surface area contributed by atoms with E-state index in [1.54, 1.807) is 6.92 Å². The molecule has 1 atom stereocenters. The molecule has 0 unspecified atom stereocenters. The topological polar surface area (TPSA) is 101 Å². The maximum atomic E-state index is 12.5. The van der Waals surface area contributed by atoms with Gasteiger partial charge in [0.25, 0.3) is 5.91 Å². The molecule has 0 saturated carbocycles. The van der Waals surface area contributed by atoms with E-state index in [1.807, 2.05) is 0 Å². The first-order chi connectivity index (χ1) is 10.9. The molecule has 0 aromatic heterocycles. The van der Waals surface area contributed by atoms with Gasteiger partial charge in [0.05, 0.1) is 32.5 Å². The van der Waals surface area contributed by atoms with Crippen molar-refractivity contribution in [2.75, 3.05) is 25.6 Å². The van der Waals surface area contributed by atoms with Crippen LogP contribution in [-0.2, 0) is 19.9 Å². The maximum absolute atomic E-state index is 12.5. The minimum atomic E-state index is -3.71. The largest absolute Gasteiger partial charge is 0.346 e. The van der Waals surface area contributed by atoms with Gasteiger partial charge in [0, 0.05) is 14.1 Å². The van der Waals surface area contributed by atoms with Crippen LogP contribution in [0.5, 0.6) is 0 Å². The number of hydrogen-bond donors (Lipinski definition) is 1. The second kappa shape index (κ2) is 6.29. The van der Waals surface area contributed by atoms with Crippen molar-refractivity contribution in [2.45, 2.75) is 23.8 Å². The van der Waals surface area contributed by atoms with Gasteiger partial charge in [0.1, 0.15) is 0 Å². The Morgan fingerprint density at radius 2 is 1.96 bits per heavy atom. The number of benzene rings is 1. The van der Waals surface area contributed by atoms with Crippen molar-refractivity contribution in [3.8, 4) is 0 Å². The van der Waals surface area contributed by atoms with E-state index in [2.05, 4.69) is 5.32 Å². The third kappa shape index (κ3) is 3.90. The van der Waals surface area contributed by atoms with E-state index in [4.69, 9.17) is 11.6 Å². The van der Waals surface area contributed by atoms with Crippen LogP contribution in [0.1, 0.15) is 23.7 Å². The molecule has 1 saturated heterocycles. The summed E-state index contributed by atoms with van der Waals surface area (Å²) in [5.74, 6) is -0.749. The Kier molecular flexibility index (Phi) is 5.02. The Bertz CT molecular complexity index is 880. The van der Waals surface area contributed by atoms with E-state index in [-0.39, 0.29) is 27.0 Å². The first-order valence-corrected chi connectivity index (χ1v) is 10.8. The summed E-state index contributed by atoms with van der Waals surface area (Å²) in [7, 11) is -4.13. The molecule has 10 heteroatoms. The van der Waals surface area contributed by atoms with E-state index in [1.165, 1.54) is 32.3 Å². The van der Waals surface area contributed by atoms with Crippen LogP contribution in [0, 0.1) is 0 Å². The number of sulfonamides is 1. The quantitative estimate of drug-likeness (QED) is 0.817. The van der Waals surface area contributed by atoms with Crippen molar-refractivity contribution in [1.29, 1.82) is 0 Å². The van der Waals surface area contributed by atoms with Gasteiger partial charge in [0.15, 0.2) is 9.84 Å². The van der Waals surface area contributed by atoms with Crippen LogP contribution in [0.4, 0.5) is 0 Å². The average molecular weight is 395 g/mol. The molecular weight excluding hydrogens is 376 g/mol. The lowest BCUT2D eigenvalue weighted by Gasteiger charge is -2.24. The van der Waals surface area contributed by atoms with Gasteiger partial charge in [-0.1, -0.05) is 11.6 Å². The summed E-state index contributed by atoms with van der Waals surface area (Å²) in [5, 5.41) is 2.76. The molecule has 1 amide bonds. The monoisotopic (exact) mass is 394 g/mol. The molecule has 1 N–H and O–H groups in total. The Morgan fingerprint density at radius 1 is 1.33 bits per heavy atom. The van der Waals surface area contributed by atoms with E-state index < -0.39 is 31.3 Å². The van der Waals surface area contributed by atoms with Crippen molar-refractivity contribution < 1.29 is 21.6 Å². The molecule has 24 heavy (non-hydrogen) atoms. The molecule has 0 spiro atoms. The average Bonchev–Trinajstić information content (AvgIpc) is 2.72. The van der Waals surface area contributed by atoms with Crippen LogP contribution in [0.15, 0.2) is 23.1 Å². The van der Waals surface area contributed by atoms with Gasteiger partial charge < -0.3 is 5.32 Å². The molecule has 0 bridgehead atoms. The molecule has 1 aromatic carbocycles. The maximum Gasteiger partial charge on any atom is 0.253 e. The van der Waals surface area contributed by atoms with Gasteiger partial charge in [-0.15, -0.1) is 0 Å². The van der Waals surface area contributed by atoms with Gasteiger partial charge in [-0.25, -0.2) is 21.1 Å². The lowest BCUT2D eigenvalue weighted by Crippen LogP contribution is -2.47. The van der Waals surface area contributed by atoms with E-state index >= 15 is 0 Å². The third-order valence-corrected chi connectivity index (χ3v) is 7.92. The zero-order chi connectivity index (χ0) is 18.3. The fourth-order valence-electron chi connectivity index (χ4n) is 2.50. The number of halogens is 1. The molecule has 1 aliphatic rings. The highest BCUT2D eigenvalue weighted by Crippen LogP contribution is 2.26. The van der Waals surface area contributed by atoms with Gasteiger partial charge in [-0.05, 0) is 31.5 Å². The SMILES string of the molecule is CN(C)S(=O)(=O)c1ccc(Cl)c(C(=O)N[C@]2(C)CCS(=O)(=O)C2)c1. The van der Waals surface area contributed by atoms with Gasteiger partial charge in [-0.2, -0.15) is 0 Å². The zero-order valence-electron chi connectivity index (χ0n) is 13.5. The minimum absolute atomic E-state index is 0.00651. The molecular formula is C14H19ClN2O5S2. The Morgan fingerprint density at radius 3 is 2.46 bits per heavy atom. The molecule has 0 aliphatic carbocycles. The minimum Gasteiger partial charge on any atom is -0.346 e. The molecule has 0 radical (unpaired) electrons. The summed E-state index contributed by atoms with van der Waals surface area (Å²) in [5.41, 5.74) is -0.902. The highest BCUT2D eigenvalue weighted by atomic mass is 35.5. The normalized spacial score (nSPS) is 23.4. The fraction of sp³-hybridized carbons (Fsp3) is 0.500. The summed E-state index contributed by atoms with van der Waals surface area (Å²) >= 11 is 6.02. The lowest BCUT2D eigenvalue weighted by molar-refractivity contribution is 0.0915. The standard InChI is InChI=1S/C14H19ClN2O5S2/c1-14(6-7-23(19,20)9-14)16-13(18)11-8-10(4-5-12(11)15)24(21,22)17(2)3/h4-5,8H,6-7,9H2,1-3H3,(H,16,18)/t14-/m1/s1. The van der Waals surface area contributed by atoms with Gasteiger partial charge in [-0.3, -0.25) is 4.79 Å². The van der Waals surface area contributed by atoms with Crippen LogP contribution in [-0.4, -0.2) is 58.2 Å². The molecule has 1 heterocycles. The van der Waals surface area contributed by atoms with Crippen molar-refractivity contribution in [1.82, 2.24) is 9.62 Å². The van der Waals surface area contributed by atoms with Crippen LogP contribution < -0.4 is 5.32 Å². The highest BCUT2D eigenvalue weighted by Gasteiger charge is 2.39. The Labute approximate surface area is 147 Å². The van der Waals surface area contributed by atoms with Crippen molar-refractivity contribution in [3.05, 3.63) is 28.8 Å². The van der Waals surface area contributed by atoms with Gasteiger partial charge in [0.2, 0.25) is 10.0 Å². The molecule has 134 valence electrons. The Balaban J connectivity index is 2.34. The van der Waals surface area contributed by atoms with Crippen LogP contribution >= 0.6 is 11.6 Å². The number of nitrogens with zero attached hydrogens (tertiary/aromatic N) is 1. The fourth-order valence-corrected chi connectivity index (χ4v) is 5.73. The van der Waals surface area contributed by atoms with Crippen molar-refractivity contribution >= 4 is 37.4 Å². The molecule has 2 rings (SSSR count).